The van der Waals surface area contributed by atoms with Crippen LogP contribution >= 0.6 is 11.6 Å². The molecule has 2 fully saturated rings. The fourth-order valence-corrected chi connectivity index (χ4v) is 6.36. The molecule has 0 saturated carbocycles. The lowest BCUT2D eigenvalue weighted by Gasteiger charge is -2.46. The minimum absolute atomic E-state index is 0.0199. The predicted octanol–water partition coefficient (Wildman–Crippen LogP) is 2.92. The van der Waals surface area contributed by atoms with Gasteiger partial charge in [0.15, 0.2) is 9.84 Å². The van der Waals surface area contributed by atoms with Gasteiger partial charge < -0.3 is 4.90 Å². The van der Waals surface area contributed by atoms with E-state index in [2.05, 4.69) is 0 Å². The van der Waals surface area contributed by atoms with Crippen molar-refractivity contribution in [2.45, 2.75) is 25.0 Å². The van der Waals surface area contributed by atoms with Gasteiger partial charge >= 0.3 is 0 Å². The number of amides is 1. The summed E-state index contributed by atoms with van der Waals surface area (Å²) < 4.78 is 24.9. The van der Waals surface area contributed by atoms with E-state index in [4.69, 9.17) is 11.6 Å². The molecule has 1 amide bonds. The molecule has 0 aliphatic carbocycles. The van der Waals surface area contributed by atoms with Gasteiger partial charge in [-0.2, -0.15) is 0 Å². The Morgan fingerprint density at radius 3 is 2.44 bits per heavy atom. The molecule has 2 aromatic carbocycles. The van der Waals surface area contributed by atoms with Gasteiger partial charge in [0.2, 0.25) is 5.91 Å². The van der Waals surface area contributed by atoms with Crippen LogP contribution in [-0.2, 0) is 14.6 Å². The number of rotatable bonds is 3. The van der Waals surface area contributed by atoms with Crippen LogP contribution in [0.4, 0.5) is 5.69 Å². The van der Waals surface area contributed by atoms with Crippen LogP contribution in [0.25, 0.3) is 0 Å². The first-order valence-electron chi connectivity index (χ1n) is 8.94. The molecule has 0 spiro atoms. The second-order valence-corrected chi connectivity index (χ2v) is 9.80. The molecule has 5 nitrogen and oxygen atoms in total. The molecule has 3 atom stereocenters. The third kappa shape index (κ3) is 3.49. The minimum atomic E-state index is -3.22. The third-order valence-corrected chi connectivity index (χ3v) is 7.44. The molecular weight excluding hydrogens is 384 g/mol. The molecule has 1 unspecified atom stereocenters. The maximum atomic E-state index is 13.1. The van der Waals surface area contributed by atoms with Crippen molar-refractivity contribution >= 4 is 33.0 Å². The van der Waals surface area contributed by atoms with Gasteiger partial charge in [0.05, 0.1) is 24.1 Å². The lowest BCUT2D eigenvalue weighted by molar-refractivity contribution is -0.124. The highest BCUT2D eigenvalue weighted by Gasteiger charge is 2.50. The predicted molar refractivity (Wildman–Crippen MR) is 107 cm³/mol. The fraction of sp³-hybridized carbons (Fsp3) is 0.350. The normalized spacial score (nSPS) is 26.0. The van der Waals surface area contributed by atoms with Crippen LogP contribution < -0.4 is 4.90 Å². The highest BCUT2D eigenvalue weighted by Crippen LogP contribution is 2.36. The molecule has 4 rings (SSSR count). The van der Waals surface area contributed by atoms with E-state index >= 15 is 0 Å². The van der Waals surface area contributed by atoms with Crippen molar-refractivity contribution in [3.63, 3.8) is 0 Å². The van der Waals surface area contributed by atoms with Crippen LogP contribution in [0.5, 0.6) is 0 Å². The maximum absolute atomic E-state index is 13.1. The summed E-state index contributed by atoms with van der Waals surface area (Å²) >= 11 is 6.10. The van der Waals surface area contributed by atoms with Crippen molar-refractivity contribution in [2.75, 3.05) is 23.0 Å². The molecule has 0 radical (unpaired) electrons. The zero-order chi connectivity index (χ0) is 19.2. The van der Waals surface area contributed by atoms with E-state index in [0.29, 0.717) is 10.7 Å². The topological polar surface area (TPSA) is 57.7 Å². The number of anilines is 1. The monoisotopic (exact) mass is 404 g/mol. The summed E-state index contributed by atoms with van der Waals surface area (Å²) in [5.74, 6) is -0.0500. The number of piperazine rings is 1. The number of hydrogen-bond acceptors (Lipinski definition) is 4. The standard InChI is InChI=1S/C20H21ClN2O3S/c1-14(15-6-3-2-4-7-15)22-11-20(24)23(17-9-5-8-16(21)10-17)19-13-27(25,26)12-18(19)22/h2-10,14,18-19H,11-13H2,1H3/t14?,18-,19+/m0/s1. The van der Waals surface area contributed by atoms with E-state index in [-0.39, 0.29) is 36.0 Å². The van der Waals surface area contributed by atoms with Crippen LogP contribution in [-0.4, -0.2) is 49.4 Å². The van der Waals surface area contributed by atoms with Crippen molar-refractivity contribution in [1.82, 2.24) is 4.90 Å². The molecule has 142 valence electrons. The van der Waals surface area contributed by atoms with Gasteiger partial charge in [0.1, 0.15) is 0 Å². The summed E-state index contributed by atoms with van der Waals surface area (Å²) in [6.07, 6.45) is 0. The molecule has 2 aliphatic heterocycles. The molecule has 0 bridgehead atoms. The van der Waals surface area contributed by atoms with E-state index < -0.39 is 15.9 Å². The van der Waals surface area contributed by atoms with Gasteiger partial charge in [-0.1, -0.05) is 48.0 Å². The van der Waals surface area contributed by atoms with Gasteiger partial charge in [0, 0.05) is 22.8 Å². The number of nitrogens with zero attached hydrogens (tertiary/aromatic N) is 2. The molecule has 2 aromatic rings. The van der Waals surface area contributed by atoms with Crippen molar-refractivity contribution in [3.8, 4) is 0 Å². The van der Waals surface area contributed by atoms with E-state index in [9.17, 15) is 13.2 Å². The molecule has 2 saturated heterocycles. The molecular formula is C20H21ClN2O3S. The molecule has 0 aromatic heterocycles. The van der Waals surface area contributed by atoms with Gasteiger partial charge in [-0.3, -0.25) is 9.69 Å². The van der Waals surface area contributed by atoms with Crippen molar-refractivity contribution in [3.05, 3.63) is 65.2 Å². The Labute approximate surface area is 164 Å². The van der Waals surface area contributed by atoms with E-state index in [1.54, 1.807) is 23.1 Å². The maximum Gasteiger partial charge on any atom is 0.241 e. The van der Waals surface area contributed by atoms with Gasteiger partial charge in [-0.05, 0) is 30.7 Å². The average Bonchev–Trinajstić information content (AvgIpc) is 2.95. The second-order valence-electron chi connectivity index (χ2n) is 7.21. The first-order chi connectivity index (χ1) is 12.9. The molecule has 0 N–H and O–H groups in total. The summed E-state index contributed by atoms with van der Waals surface area (Å²) in [5.41, 5.74) is 1.73. The first kappa shape index (κ1) is 18.5. The quantitative estimate of drug-likeness (QED) is 0.789. The largest absolute Gasteiger partial charge is 0.306 e. The van der Waals surface area contributed by atoms with Gasteiger partial charge in [0.25, 0.3) is 0 Å². The number of benzene rings is 2. The zero-order valence-electron chi connectivity index (χ0n) is 15.0. The number of fused-ring (bicyclic) bond motifs is 1. The van der Waals surface area contributed by atoms with Crippen LogP contribution in [0.15, 0.2) is 54.6 Å². The second kappa shape index (κ2) is 6.93. The Balaban J connectivity index is 1.72. The SMILES string of the molecule is CC(c1ccccc1)N1CC(=O)N(c2cccc(Cl)c2)[C@@H]2CS(=O)(=O)C[C@@H]21. The smallest absolute Gasteiger partial charge is 0.241 e. The van der Waals surface area contributed by atoms with Crippen LogP contribution in [0.2, 0.25) is 5.02 Å². The van der Waals surface area contributed by atoms with Crippen LogP contribution in [0.1, 0.15) is 18.5 Å². The third-order valence-electron chi connectivity index (χ3n) is 5.50. The number of hydrogen-bond donors (Lipinski definition) is 0. The average molecular weight is 405 g/mol. The summed E-state index contributed by atoms with van der Waals surface area (Å²) in [6, 6.07) is 16.3. The highest BCUT2D eigenvalue weighted by molar-refractivity contribution is 7.91. The Hall–Kier alpha value is -1.89. The van der Waals surface area contributed by atoms with Crippen molar-refractivity contribution in [1.29, 1.82) is 0 Å². The summed E-state index contributed by atoms with van der Waals surface area (Å²) in [5, 5.41) is 0.526. The molecule has 2 aliphatic rings. The summed E-state index contributed by atoms with van der Waals surface area (Å²) in [7, 11) is -3.22. The molecule has 2 heterocycles. The first-order valence-corrected chi connectivity index (χ1v) is 11.1. The van der Waals surface area contributed by atoms with Gasteiger partial charge in [-0.15, -0.1) is 0 Å². The fourth-order valence-electron chi connectivity index (χ4n) is 4.22. The number of carbonyl (C=O) groups excluding carboxylic acids is 1. The number of sulfone groups is 1. The lowest BCUT2D eigenvalue weighted by Crippen LogP contribution is -2.62. The Morgan fingerprint density at radius 2 is 1.74 bits per heavy atom. The highest BCUT2D eigenvalue weighted by atomic mass is 35.5. The van der Waals surface area contributed by atoms with Gasteiger partial charge in [-0.25, -0.2) is 8.42 Å². The summed E-state index contributed by atoms with van der Waals surface area (Å²) in [4.78, 5) is 16.7. The number of carbonyl (C=O) groups is 1. The van der Waals surface area contributed by atoms with E-state index in [0.717, 1.165) is 5.56 Å². The van der Waals surface area contributed by atoms with Crippen LogP contribution in [0.3, 0.4) is 0 Å². The van der Waals surface area contributed by atoms with Crippen LogP contribution in [0, 0.1) is 0 Å². The Bertz CT molecular complexity index is 964. The minimum Gasteiger partial charge on any atom is -0.306 e. The van der Waals surface area contributed by atoms with Crippen molar-refractivity contribution < 1.29 is 13.2 Å². The molecule has 27 heavy (non-hydrogen) atoms. The molecule has 7 heteroatoms. The summed E-state index contributed by atoms with van der Waals surface area (Å²) in [6.45, 7) is 2.21. The Kier molecular flexibility index (Phi) is 4.74. The van der Waals surface area contributed by atoms with E-state index in [1.165, 1.54) is 0 Å². The Morgan fingerprint density at radius 1 is 1.04 bits per heavy atom. The van der Waals surface area contributed by atoms with E-state index in [1.807, 2.05) is 48.2 Å². The number of halogens is 1. The zero-order valence-corrected chi connectivity index (χ0v) is 16.5. The lowest BCUT2D eigenvalue weighted by atomic mass is 9.98. The van der Waals surface area contributed by atoms with Crippen molar-refractivity contribution in [2.24, 2.45) is 0 Å².